The lowest BCUT2D eigenvalue weighted by atomic mass is 10.4. The molecule has 0 aliphatic carbocycles. The van der Waals surface area contributed by atoms with Gasteiger partial charge in [-0.25, -0.2) is 8.78 Å². The van der Waals surface area contributed by atoms with Gasteiger partial charge >= 0.3 is 0 Å². The Balaban J connectivity index is 3.28. The Kier molecular flexibility index (Phi) is 3.04. The monoisotopic (exact) mass is 138 g/mol. The van der Waals surface area contributed by atoms with E-state index in [1.807, 2.05) is 0 Å². The Morgan fingerprint density at radius 1 is 1.44 bits per heavy atom. The van der Waals surface area contributed by atoms with E-state index in [1.165, 1.54) is 0 Å². The van der Waals surface area contributed by atoms with Crippen molar-refractivity contribution >= 4 is 0 Å². The molecule has 0 radical (unpaired) electrons. The summed E-state index contributed by atoms with van der Waals surface area (Å²) >= 11 is 0. The molecule has 1 nitrogen and oxygen atoms in total. The zero-order valence-electron chi connectivity index (χ0n) is 5.95. The summed E-state index contributed by atoms with van der Waals surface area (Å²) in [5.74, 6) is -2.69. The van der Waals surface area contributed by atoms with Crippen LogP contribution in [0.1, 0.15) is 20.8 Å². The van der Waals surface area contributed by atoms with Gasteiger partial charge in [0.15, 0.2) is 0 Å². The van der Waals surface area contributed by atoms with Crippen molar-refractivity contribution in [1.82, 2.24) is 0 Å². The van der Waals surface area contributed by atoms with Crippen molar-refractivity contribution in [2.45, 2.75) is 32.8 Å². The summed E-state index contributed by atoms with van der Waals surface area (Å²) in [6.07, 6.45) is -0.115. The van der Waals surface area contributed by atoms with Gasteiger partial charge in [0.25, 0.3) is 5.92 Å². The molecule has 0 fully saturated rings. The second-order valence-corrected chi connectivity index (χ2v) is 2.43. The molecular weight excluding hydrogens is 126 g/mol. The molecule has 56 valence electrons. The number of hydrogen-bond donors (Lipinski definition) is 0. The van der Waals surface area contributed by atoms with Gasteiger partial charge < -0.3 is 4.74 Å². The number of alkyl halides is 2. The average Bonchev–Trinajstić information content (AvgIpc) is 1.59. The van der Waals surface area contributed by atoms with Crippen molar-refractivity contribution in [1.29, 1.82) is 0 Å². The molecule has 0 saturated carbocycles. The maximum absolute atomic E-state index is 12.0. The lowest BCUT2D eigenvalue weighted by Crippen LogP contribution is -2.21. The summed E-state index contributed by atoms with van der Waals surface area (Å²) in [7, 11) is 0. The van der Waals surface area contributed by atoms with Gasteiger partial charge in [-0.05, 0) is 13.8 Å². The molecule has 0 unspecified atom stereocenters. The smallest absolute Gasteiger partial charge is 0.268 e. The van der Waals surface area contributed by atoms with Crippen LogP contribution in [0.15, 0.2) is 0 Å². The van der Waals surface area contributed by atoms with Gasteiger partial charge in [-0.3, -0.25) is 0 Å². The first-order valence-electron chi connectivity index (χ1n) is 2.91. The molecule has 0 aliphatic heterocycles. The van der Waals surface area contributed by atoms with E-state index < -0.39 is 12.5 Å². The molecule has 0 atom stereocenters. The third-order valence-electron chi connectivity index (χ3n) is 0.670. The summed E-state index contributed by atoms with van der Waals surface area (Å²) in [5.41, 5.74) is 0. The van der Waals surface area contributed by atoms with Gasteiger partial charge in [0.2, 0.25) is 0 Å². The molecular formula is C6H12F2O. The zero-order valence-corrected chi connectivity index (χ0v) is 5.95. The highest BCUT2D eigenvalue weighted by atomic mass is 19.3. The predicted octanol–water partition coefficient (Wildman–Crippen LogP) is 2.07. The quantitative estimate of drug-likeness (QED) is 0.580. The van der Waals surface area contributed by atoms with Crippen molar-refractivity contribution < 1.29 is 13.5 Å². The van der Waals surface area contributed by atoms with E-state index >= 15 is 0 Å². The molecule has 0 aromatic rings. The molecule has 0 saturated heterocycles. The lowest BCUT2D eigenvalue weighted by molar-refractivity contribution is -0.0791. The van der Waals surface area contributed by atoms with E-state index in [-0.39, 0.29) is 6.10 Å². The van der Waals surface area contributed by atoms with Gasteiger partial charge in [0, 0.05) is 6.92 Å². The first-order valence-corrected chi connectivity index (χ1v) is 2.91. The highest BCUT2D eigenvalue weighted by Gasteiger charge is 2.21. The van der Waals surface area contributed by atoms with Gasteiger partial charge in [-0.2, -0.15) is 0 Å². The minimum absolute atomic E-state index is 0.115. The summed E-state index contributed by atoms with van der Waals surface area (Å²) < 4.78 is 28.6. The van der Waals surface area contributed by atoms with Crippen LogP contribution in [0.3, 0.4) is 0 Å². The second-order valence-electron chi connectivity index (χ2n) is 2.43. The zero-order chi connectivity index (χ0) is 7.49. The van der Waals surface area contributed by atoms with Gasteiger partial charge in [-0.1, -0.05) is 0 Å². The van der Waals surface area contributed by atoms with Gasteiger partial charge in [0.1, 0.15) is 6.61 Å². The summed E-state index contributed by atoms with van der Waals surface area (Å²) in [6, 6.07) is 0. The minimum atomic E-state index is -2.69. The molecule has 0 spiro atoms. The molecule has 9 heavy (non-hydrogen) atoms. The molecule has 0 amide bonds. The van der Waals surface area contributed by atoms with Crippen LogP contribution in [0.5, 0.6) is 0 Å². The number of ether oxygens (including phenoxy) is 1. The van der Waals surface area contributed by atoms with E-state index in [0.717, 1.165) is 6.92 Å². The highest BCUT2D eigenvalue weighted by molar-refractivity contribution is 4.55. The minimum Gasteiger partial charge on any atom is -0.373 e. The first kappa shape index (κ1) is 8.82. The van der Waals surface area contributed by atoms with Crippen LogP contribution in [0.25, 0.3) is 0 Å². The average molecular weight is 138 g/mol. The fourth-order valence-corrected chi connectivity index (χ4v) is 0.313. The maximum Gasteiger partial charge on any atom is 0.268 e. The second kappa shape index (κ2) is 3.11. The molecule has 0 aromatic heterocycles. The van der Waals surface area contributed by atoms with E-state index in [2.05, 4.69) is 4.74 Å². The standard InChI is InChI=1S/C6H12F2O/c1-5(2)9-4-6(3,7)8/h5H,4H2,1-3H3. The van der Waals surface area contributed by atoms with Crippen molar-refractivity contribution in [3.05, 3.63) is 0 Å². The Labute approximate surface area is 54.0 Å². The van der Waals surface area contributed by atoms with Crippen LogP contribution >= 0.6 is 0 Å². The van der Waals surface area contributed by atoms with Crippen LogP contribution < -0.4 is 0 Å². The molecule has 0 bridgehead atoms. The van der Waals surface area contributed by atoms with Gasteiger partial charge in [0.05, 0.1) is 6.10 Å². The number of rotatable bonds is 3. The van der Waals surface area contributed by atoms with Crippen molar-refractivity contribution in [2.24, 2.45) is 0 Å². The third-order valence-corrected chi connectivity index (χ3v) is 0.670. The summed E-state index contributed by atoms with van der Waals surface area (Å²) in [6.45, 7) is 3.82. The molecule has 0 aromatic carbocycles. The summed E-state index contributed by atoms with van der Waals surface area (Å²) in [5, 5.41) is 0. The molecule has 0 heterocycles. The first-order chi connectivity index (χ1) is 3.92. The van der Waals surface area contributed by atoms with E-state index in [1.54, 1.807) is 13.8 Å². The molecule has 0 aliphatic rings. The SMILES string of the molecule is CC(C)OCC(C)(F)F. The van der Waals surface area contributed by atoms with Crippen LogP contribution in [0.2, 0.25) is 0 Å². The maximum atomic E-state index is 12.0. The van der Waals surface area contributed by atoms with Crippen molar-refractivity contribution in [2.75, 3.05) is 6.61 Å². The number of hydrogen-bond acceptors (Lipinski definition) is 1. The van der Waals surface area contributed by atoms with Crippen LogP contribution in [-0.4, -0.2) is 18.6 Å². The Hall–Kier alpha value is -0.180. The fourth-order valence-electron chi connectivity index (χ4n) is 0.313. The Morgan fingerprint density at radius 3 is 2.00 bits per heavy atom. The topological polar surface area (TPSA) is 9.23 Å². The van der Waals surface area contributed by atoms with Crippen molar-refractivity contribution in [3.8, 4) is 0 Å². The molecule has 0 rings (SSSR count). The van der Waals surface area contributed by atoms with Gasteiger partial charge in [-0.15, -0.1) is 0 Å². The molecule has 3 heteroatoms. The van der Waals surface area contributed by atoms with E-state index in [4.69, 9.17) is 0 Å². The predicted molar refractivity (Wildman–Crippen MR) is 31.7 cm³/mol. The van der Waals surface area contributed by atoms with Crippen LogP contribution in [0, 0.1) is 0 Å². The molecule has 0 N–H and O–H groups in total. The lowest BCUT2D eigenvalue weighted by Gasteiger charge is -2.12. The van der Waals surface area contributed by atoms with Crippen LogP contribution in [-0.2, 0) is 4.74 Å². The third kappa shape index (κ3) is 7.82. The Morgan fingerprint density at radius 2 is 1.89 bits per heavy atom. The fraction of sp³-hybridized carbons (Fsp3) is 1.00. The highest BCUT2D eigenvalue weighted by Crippen LogP contribution is 2.11. The van der Waals surface area contributed by atoms with E-state index in [0.29, 0.717) is 0 Å². The normalized spacial score (nSPS) is 12.7. The van der Waals surface area contributed by atoms with Crippen molar-refractivity contribution in [3.63, 3.8) is 0 Å². The van der Waals surface area contributed by atoms with E-state index in [9.17, 15) is 8.78 Å². The number of halogens is 2. The Bertz CT molecular complexity index is 75.6. The summed E-state index contributed by atoms with van der Waals surface area (Å²) in [4.78, 5) is 0. The van der Waals surface area contributed by atoms with Crippen LogP contribution in [0.4, 0.5) is 8.78 Å². The largest absolute Gasteiger partial charge is 0.373 e.